The van der Waals surface area contributed by atoms with Crippen molar-refractivity contribution >= 4 is 17.7 Å². The van der Waals surface area contributed by atoms with Gasteiger partial charge in [-0.3, -0.25) is 14.4 Å². The third-order valence-electron chi connectivity index (χ3n) is 6.68. The predicted molar refractivity (Wildman–Crippen MR) is 103 cm³/mol. The first-order chi connectivity index (χ1) is 13.4. The number of nitrogens with zero attached hydrogens (tertiary/aromatic N) is 2. The van der Waals surface area contributed by atoms with Gasteiger partial charge in [0.2, 0.25) is 17.7 Å². The van der Waals surface area contributed by atoms with Crippen molar-refractivity contribution < 1.29 is 19.1 Å². The summed E-state index contributed by atoms with van der Waals surface area (Å²) in [6.07, 6.45) is 1.84. The molecule has 7 heteroatoms. The highest BCUT2D eigenvalue weighted by Crippen LogP contribution is 2.44. The van der Waals surface area contributed by atoms with E-state index < -0.39 is 0 Å². The average Bonchev–Trinajstić information content (AvgIpc) is 3.24. The molecule has 150 valence electrons. The SMILES string of the molecule is COc1cccc(CC(=O)N2CCC3(CC2)NC(=O)[C@H]2CN(C(C)=O)C[C@H]23)c1. The Balaban J connectivity index is 1.39. The van der Waals surface area contributed by atoms with E-state index in [1.807, 2.05) is 29.2 Å². The fourth-order valence-electron chi connectivity index (χ4n) is 5.04. The van der Waals surface area contributed by atoms with E-state index in [0.29, 0.717) is 32.6 Å². The molecule has 2 atom stereocenters. The molecule has 28 heavy (non-hydrogen) atoms. The molecule has 0 saturated carbocycles. The maximum Gasteiger partial charge on any atom is 0.226 e. The molecule has 7 nitrogen and oxygen atoms in total. The van der Waals surface area contributed by atoms with E-state index in [9.17, 15) is 14.4 Å². The predicted octanol–water partition coefficient (Wildman–Crippen LogP) is 0.823. The van der Waals surface area contributed by atoms with E-state index in [-0.39, 0.29) is 35.1 Å². The second-order valence-corrected chi connectivity index (χ2v) is 8.19. The van der Waals surface area contributed by atoms with Crippen LogP contribution in [0.2, 0.25) is 0 Å². The van der Waals surface area contributed by atoms with Crippen molar-refractivity contribution in [3.8, 4) is 5.75 Å². The molecule has 3 amide bonds. The van der Waals surface area contributed by atoms with Crippen molar-refractivity contribution in [3.63, 3.8) is 0 Å². The Bertz CT molecular complexity index is 801. The summed E-state index contributed by atoms with van der Waals surface area (Å²) in [6.45, 7) is 3.98. The van der Waals surface area contributed by atoms with E-state index >= 15 is 0 Å². The molecular formula is C21H27N3O4. The van der Waals surface area contributed by atoms with Crippen LogP contribution in [0.1, 0.15) is 25.3 Å². The van der Waals surface area contributed by atoms with Crippen LogP contribution in [0.25, 0.3) is 0 Å². The summed E-state index contributed by atoms with van der Waals surface area (Å²) in [5.74, 6) is 0.982. The van der Waals surface area contributed by atoms with E-state index in [4.69, 9.17) is 4.74 Å². The minimum absolute atomic E-state index is 0.0308. The molecule has 0 aromatic heterocycles. The molecule has 1 N–H and O–H groups in total. The maximum atomic E-state index is 12.7. The van der Waals surface area contributed by atoms with Gasteiger partial charge in [0.05, 0.1) is 19.4 Å². The zero-order valence-electron chi connectivity index (χ0n) is 16.4. The number of nitrogens with one attached hydrogen (secondary N) is 1. The zero-order chi connectivity index (χ0) is 19.9. The van der Waals surface area contributed by atoms with Crippen LogP contribution in [-0.4, -0.2) is 66.3 Å². The second-order valence-electron chi connectivity index (χ2n) is 8.19. The van der Waals surface area contributed by atoms with Crippen LogP contribution in [0, 0.1) is 11.8 Å². The van der Waals surface area contributed by atoms with Gasteiger partial charge in [0.1, 0.15) is 5.75 Å². The lowest BCUT2D eigenvalue weighted by molar-refractivity contribution is -0.132. The number of benzene rings is 1. The summed E-state index contributed by atoms with van der Waals surface area (Å²) in [7, 11) is 1.62. The minimum Gasteiger partial charge on any atom is -0.497 e. The topological polar surface area (TPSA) is 79.0 Å². The van der Waals surface area contributed by atoms with Crippen molar-refractivity contribution in [3.05, 3.63) is 29.8 Å². The summed E-state index contributed by atoms with van der Waals surface area (Å²) in [6, 6.07) is 7.58. The van der Waals surface area contributed by atoms with Gasteiger partial charge < -0.3 is 19.9 Å². The second kappa shape index (κ2) is 7.11. The van der Waals surface area contributed by atoms with Crippen molar-refractivity contribution in [1.29, 1.82) is 0 Å². The lowest BCUT2D eigenvalue weighted by Crippen LogP contribution is -2.56. The van der Waals surface area contributed by atoms with Crippen molar-refractivity contribution in [1.82, 2.24) is 15.1 Å². The number of ether oxygens (including phenoxy) is 1. The van der Waals surface area contributed by atoms with Crippen LogP contribution in [0.4, 0.5) is 0 Å². The molecule has 3 aliphatic heterocycles. The molecule has 0 aliphatic carbocycles. The van der Waals surface area contributed by atoms with Gasteiger partial charge >= 0.3 is 0 Å². The Kier molecular flexibility index (Phi) is 4.77. The van der Waals surface area contributed by atoms with Crippen LogP contribution in [0.15, 0.2) is 24.3 Å². The average molecular weight is 385 g/mol. The summed E-state index contributed by atoms with van der Waals surface area (Å²) in [4.78, 5) is 40.6. The van der Waals surface area contributed by atoms with Gasteiger partial charge in [-0.2, -0.15) is 0 Å². The molecule has 0 radical (unpaired) electrons. The smallest absolute Gasteiger partial charge is 0.226 e. The molecule has 3 aliphatic rings. The molecule has 4 rings (SSSR count). The quantitative estimate of drug-likeness (QED) is 0.836. The van der Waals surface area contributed by atoms with Gasteiger partial charge in [0, 0.05) is 44.6 Å². The Morgan fingerprint density at radius 1 is 1.21 bits per heavy atom. The summed E-state index contributed by atoms with van der Waals surface area (Å²) >= 11 is 0. The van der Waals surface area contributed by atoms with Gasteiger partial charge in [0.15, 0.2) is 0 Å². The Hall–Kier alpha value is -2.57. The molecule has 0 unspecified atom stereocenters. The number of rotatable bonds is 3. The van der Waals surface area contributed by atoms with E-state index in [1.54, 1.807) is 18.9 Å². The first-order valence-corrected chi connectivity index (χ1v) is 9.90. The van der Waals surface area contributed by atoms with Crippen LogP contribution in [-0.2, 0) is 20.8 Å². The first kappa shape index (κ1) is 18.8. The Morgan fingerprint density at radius 3 is 2.64 bits per heavy atom. The van der Waals surface area contributed by atoms with Crippen LogP contribution in [0.3, 0.4) is 0 Å². The monoisotopic (exact) mass is 385 g/mol. The normalized spacial score (nSPS) is 25.6. The van der Waals surface area contributed by atoms with Crippen molar-refractivity contribution in [2.75, 3.05) is 33.3 Å². The summed E-state index contributed by atoms with van der Waals surface area (Å²) in [5, 5.41) is 3.22. The maximum absolute atomic E-state index is 12.7. The van der Waals surface area contributed by atoms with Gasteiger partial charge in [-0.15, -0.1) is 0 Å². The number of amides is 3. The molecule has 0 bridgehead atoms. The Labute approximate surface area is 165 Å². The van der Waals surface area contributed by atoms with Crippen LogP contribution < -0.4 is 10.1 Å². The van der Waals surface area contributed by atoms with Crippen LogP contribution >= 0.6 is 0 Å². The lowest BCUT2D eigenvalue weighted by atomic mass is 9.75. The summed E-state index contributed by atoms with van der Waals surface area (Å²) < 4.78 is 5.23. The van der Waals surface area contributed by atoms with Crippen LogP contribution in [0.5, 0.6) is 5.75 Å². The molecule has 3 heterocycles. The highest BCUT2D eigenvalue weighted by molar-refractivity contribution is 5.85. The van der Waals surface area contributed by atoms with Gasteiger partial charge in [-0.05, 0) is 30.5 Å². The highest BCUT2D eigenvalue weighted by Gasteiger charge is 2.57. The Morgan fingerprint density at radius 2 is 1.96 bits per heavy atom. The number of hydrogen-bond acceptors (Lipinski definition) is 4. The lowest BCUT2D eigenvalue weighted by Gasteiger charge is -2.42. The fraction of sp³-hybridized carbons (Fsp3) is 0.571. The number of fused-ring (bicyclic) bond motifs is 2. The fourth-order valence-corrected chi connectivity index (χ4v) is 5.04. The molecule has 1 aromatic carbocycles. The molecule has 3 fully saturated rings. The zero-order valence-corrected chi connectivity index (χ0v) is 16.4. The number of likely N-dealkylation sites (tertiary alicyclic amines) is 2. The minimum atomic E-state index is -0.279. The third-order valence-corrected chi connectivity index (χ3v) is 6.68. The van der Waals surface area contributed by atoms with E-state index in [1.165, 1.54) is 0 Å². The highest BCUT2D eigenvalue weighted by atomic mass is 16.5. The van der Waals surface area contributed by atoms with Gasteiger partial charge in [-0.25, -0.2) is 0 Å². The standard InChI is InChI=1S/C21H27N3O4/c1-14(25)24-12-17-18(13-24)21(22-20(17)27)6-8-23(9-7-21)19(26)11-15-4-3-5-16(10-15)28-2/h3-5,10,17-18H,6-9,11-13H2,1-2H3,(H,22,27)/t17-,18+/m0/s1. The number of piperidine rings is 1. The van der Waals surface area contributed by atoms with Crippen molar-refractivity contribution in [2.24, 2.45) is 11.8 Å². The third kappa shape index (κ3) is 3.23. The van der Waals surface area contributed by atoms with Gasteiger partial charge in [-0.1, -0.05) is 12.1 Å². The van der Waals surface area contributed by atoms with Crippen molar-refractivity contribution in [2.45, 2.75) is 31.7 Å². The summed E-state index contributed by atoms with van der Waals surface area (Å²) in [5.41, 5.74) is 0.658. The molecule has 3 saturated heterocycles. The number of carbonyl (C=O) groups excluding carboxylic acids is 3. The first-order valence-electron chi connectivity index (χ1n) is 9.90. The molecular weight excluding hydrogens is 358 g/mol. The molecule has 1 spiro atoms. The van der Waals surface area contributed by atoms with Gasteiger partial charge in [0.25, 0.3) is 0 Å². The van der Waals surface area contributed by atoms with E-state index in [0.717, 1.165) is 24.2 Å². The molecule has 1 aromatic rings. The number of hydrogen-bond donors (Lipinski definition) is 1. The largest absolute Gasteiger partial charge is 0.497 e. The number of methoxy groups -OCH3 is 1. The van der Waals surface area contributed by atoms with E-state index in [2.05, 4.69) is 5.32 Å². The number of carbonyl (C=O) groups is 3.